The fourth-order valence-electron chi connectivity index (χ4n) is 4.09. The number of nitrogens with one attached hydrogen (secondary N) is 1. The van der Waals surface area contributed by atoms with E-state index < -0.39 is 0 Å². The van der Waals surface area contributed by atoms with Crippen molar-refractivity contribution < 1.29 is 9.47 Å². The van der Waals surface area contributed by atoms with Crippen molar-refractivity contribution in [3.8, 4) is 0 Å². The molecule has 3 atom stereocenters. The Morgan fingerprint density at radius 3 is 2.67 bits per heavy atom. The fraction of sp³-hybridized carbons (Fsp3) is 1.00. The molecule has 0 aromatic heterocycles. The van der Waals surface area contributed by atoms with Gasteiger partial charge >= 0.3 is 0 Å². The van der Waals surface area contributed by atoms with E-state index in [1.165, 1.54) is 25.7 Å². The number of hydrogen-bond acceptors (Lipinski definition) is 3. The first-order valence-electron chi connectivity index (χ1n) is 7.52. The van der Waals surface area contributed by atoms with Crippen LogP contribution in [0.1, 0.15) is 46.0 Å². The van der Waals surface area contributed by atoms with Crippen LogP contribution in [-0.2, 0) is 9.47 Å². The molecule has 0 amide bonds. The van der Waals surface area contributed by atoms with Crippen molar-refractivity contribution in [2.75, 3.05) is 26.9 Å². The summed E-state index contributed by atoms with van der Waals surface area (Å²) in [7, 11) is 1.78. The van der Waals surface area contributed by atoms with Gasteiger partial charge in [0.1, 0.15) is 0 Å². The summed E-state index contributed by atoms with van der Waals surface area (Å²) in [6.45, 7) is 7.49. The highest BCUT2D eigenvalue weighted by molar-refractivity contribution is 5.00. The van der Waals surface area contributed by atoms with Gasteiger partial charge in [-0.25, -0.2) is 0 Å². The van der Waals surface area contributed by atoms with E-state index in [1.54, 1.807) is 7.11 Å². The zero-order chi connectivity index (χ0) is 13.0. The van der Waals surface area contributed by atoms with Gasteiger partial charge in [0.25, 0.3) is 0 Å². The minimum atomic E-state index is 0.100. The van der Waals surface area contributed by atoms with Crippen LogP contribution in [0.5, 0.6) is 0 Å². The summed E-state index contributed by atoms with van der Waals surface area (Å²) in [5, 5.41) is 3.70. The highest BCUT2D eigenvalue weighted by Crippen LogP contribution is 2.42. The van der Waals surface area contributed by atoms with Crippen LogP contribution < -0.4 is 5.32 Å². The van der Waals surface area contributed by atoms with Gasteiger partial charge in [0, 0.05) is 26.3 Å². The van der Waals surface area contributed by atoms with E-state index in [0.29, 0.717) is 6.04 Å². The van der Waals surface area contributed by atoms with Crippen LogP contribution in [0.3, 0.4) is 0 Å². The first-order valence-corrected chi connectivity index (χ1v) is 7.52. The molecule has 1 saturated carbocycles. The summed E-state index contributed by atoms with van der Waals surface area (Å²) in [5.74, 6) is 1.58. The molecule has 18 heavy (non-hydrogen) atoms. The Bertz CT molecular complexity index is 247. The van der Waals surface area contributed by atoms with Gasteiger partial charge < -0.3 is 14.8 Å². The quantitative estimate of drug-likeness (QED) is 0.783. The molecule has 1 saturated heterocycles. The monoisotopic (exact) mass is 255 g/mol. The normalized spacial score (nSPS) is 41.2. The smallest absolute Gasteiger partial charge is 0.0840 e. The molecular formula is C15H29NO2. The van der Waals surface area contributed by atoms with Crippen LogP contribution in [0.4, 0.5) is 0 Å². The summed E-state index contributed by atoms with van der Waals surface area (Å²) in [6.07, 6.45) is 6.11. The molecule has 0 aromatic carbocycles. The van der Waals surface area contributed by atoms with Gasteiger partial charge in [-0.2, -0.15) is 0 Å². The van der Waals surface area contributed by atoms with Crippen LogP contribution >= 0.6 is 0 Å². The molecule has 3 nitrogen and oxygen atoms in total. The number of methoxy groups -OCH3 is 1. The lowest BCUT2D eigenvalue weighted by Gasteiger charge is -2.50. The minimum absolute atomic E-state index is 0.100. The molecule has 2 fully saturated rings. The molecule has 1 heterocycles. The molecule has 106 valence electrons. The third-order valence-corrected chi connectivity index (χ3v) is 4.55. The maximum atomic E-state index is 6.29. The molecule has 0 radical (unpaired) electrons. The van der Waals surface area contributed by atoms with E-state index in [4.69, 9.17) is 9.47 Å². The van der Waals surface area contributed by atoms with Crippen LogP contribution in [-0.4, -0.2) is 38.5 Å². The average molecular weight is 255 g/mol. The molecule has 1 spiro atoms. The van der Waals surface area contributed by atoms with Gasteiger partial charge in [-0.15, -0.1) is 0 Å². The molecule has 0 bridgehead atoms. The second kappa shape index (κ2) is 6.36. The van der Waals surface area contributed by atoms with E-state index in [-0.39, 0.29) is 5.60 Å². The summed E-state index contributed by atoms with van der Waals surface area (Å²) < 4.78 is 11.5. The van der Waals surface area contributed by atoms with Crippen molar-refractivity contribution in [2.24, 2.45) is 11.8 Å². The van der Waals surface area contributed by atoms with Crippen molar-refractivity contribution in [3.63, 3.8) is 0 Å². The standard InChI is InChI=1S/C15H29NO2/c1-12-9-13(2)11-15(10-12)14(5-4-7-17-3)16-6-8-18-15/h12-14,16H,4-11H2,1-3H3. The maximum Gasteiger partial charge on any atom is 0.0840 e. The summed E-state index contributed by atoms with van der Waals surface area (Å²) >= 11 is 0. The topological polar surface area (TPSA) is 30.5 Å². The van der Waals surface area contributed by atoms with Crippen molar-refractivity contribution in [2.45, 2.75) is 57.6 Å². The molecule has 3 unspecified atom stereocenters. The fourth-order valence-corrected chi connectivity index (χ4v) is 4.09. The lowest BCUT2D eigenvalue weighted by molar-refractivity contribution is -0.138. The first kappa shape index (κ1) is 14.3. The van der Waals surface area contributed by atoms with E-state index in [1.807, 2.05) is 0 Å². The number of rotatable bonds is 4. The SMILES string of the molecule is COCCCC1NCCOC12CC(C)CC(C)C2. The Labute approximate surface area is 112 Å². The molecule has 2 aliphatic rings. The number of ether oxygens (including phenoxy) is 2. The lowest BCUT2D eigenvalue weighted by atomic mass is 9.69. The van der Waals surface area contributed by atoms with Crippen molar-refractivity contribution >= 4 is 0 Å². The molecule has 3 heteroatoms. The molecule has 2 rings (SSSR count). The van der Waals surface area contributed by atoms with Crippen molar-refractivity contribution in [1.82, 2.24) is 5.32 Å². The zero-order valence-electron chi connectivity index (χ0n) is 12.2. The predicted octanol–water partition coefficient (Wildman–Crippen LogP) is 2.60. The first-order chi connectivity index (χ1) is 8.66. The van der Waals surface area contributed by atoms with Gasteiger partial charge in [-0.05, 0) is 43.9 Å². The Balaban J connectivity index is 2.00. The van der Waals surface area contributed by atoms with Gasteiger partial charge in [0.2, 0.25) is 0 Å². The number of morpholine rings is 1. The number of hydrogen-bond donors (Lipinski definition) is 1. The molecule has 1 aliphatic carbocycles. The highest BCUT2D eigenvalue weighted by Gasteiger charge is 2.46. The Hall–Kier alpha value is -0.120. The van der Waals surface area contributed by atoms with E-state index in [2.05, 4.69) is 19.2 Å². The second-order valence-corrected chi connectivity index (χ2v) is 6.41. The Morgan fingerprint density at radius 1 is 1.28 bits per heavy atom. The third-order valence-electron chi connectivity index (χ3n) is 4.55. The predicted molar refractivity (Wildman–Crippen MR) is 73.8 cm³/mol. The minimum Gasteiger partial charge on any atom is -0.385 e. The van der Waals surface area contributed by atoms with Crippen LogP contribution in [0.2, 0.25) is 0 Å². The van der Waals surface area contributed by atoms with Crippen LogP contribution in [0.25, 0.3) is 0 Å². The summed E-state index contributed by atoms with van der Waals surface area (Å²) in [5.41, 5.74) is 0.100. The zero-order valence-corrected chi connectivity index (χ0v) is 12.2. The lowest BCUT2D eigenvalue weighted by Crippen LogP contribution is -2.60. The Kier molecular flexibility index (Phi) is 5.05. The highest BCUT2D eigenvalue weighted by atomic mass is 16.5. The van der Waals surface area contributed by atoms with Crippen LogP contribution in [0.15, 0.2) is 0 Å². The van der Waals surface area contributed by atoms with Crippen LogP contribution in [0, 0.1) is 11.8 Å². The largest absolute Gasteiger partial charge is 0.385 e. The van der Waals surface area contributed by atoms with Crippen molar-refractivity contribution in [1.29, 1.82) is 0 Å². The van der Waals surface area contributed by atoms with E-state index >= 15 is 0 Å². The van der Waals surface area contributed by atoms with E-state index in [0.717, 1.165) is 38.0 Å². The molecule has 1 N–H and O–H groups in total. The summed E-state index contributed by atoms with van der Waals surface area (Å²) in [6, 6.07) is 0.520. The summed E-state index contributed by atoms with van der Waals surface area (Å²) in [4.78, 5) is 0. The van der Waals surface area contributed by atoms with Gasteiger partial charge in [-0.3, -0.25) is 0 Å². The second-order valence-electron chi connectivity index (χ2n) is 6.41. The average Bonchev–Trinajstić information content (AvgIpc) is 2.30. The molecule has 0 aromatic rings. The van der Waals surface area contributed by atoms with Gasteiger partial charge in [-0.1, -0.05) is 13.8 Å². The van der Waals surface area contributed by atoms with Gasteiger partial charge in [0.15, 0.2) is 0 Å². The van der Waals surface area contributed by atoms with E-state index in [9.17, 15) is 0 Å². The van der Waals surface area contributed by atoms with Gasteiger partial charge in [0.05, 0.1) is 12.2 Å². The Morgan fingerprint density at radius 2 is 2.00 bits per heavy atom. The third kappa shape index (κ3) is 3.25. The van der Waals surface area contributed by atoms with Crippen molar-refractivity contribution in [3.05, 3.63) is 0 Å². The molecule has 1 aliphatic heterocycles. The molecular weight excluding hydrogens is 226 g/mol. The maximum absolute atomic E-state index is 6.29.